The summed E-state index contributed by atoms with van der Waals surface area (Å²) >= 11 is 0. The first-order valence-corrected chi connectivity index (χ1v) is 8.65. The molecule has 0 aromatic carbocycles. The Morgan fingerprint density at radius 2 is 1.80 bits per heavy atom. The van der Waals surface area contributed by atoms with Gasteiger partial charge in [-0.1, -0.05) is 27.7 Å². The van der Waals surface area contributed by atoms with Gasteiger partial charge in [-0.25, -0.2) is 0 Å². The SMILES string of the molecule is CC(=O)CCO[Si](C)(C)C(C)(C)C(C)C. The van der Waals surface area contributed by atoms with Crippen molar-refractivity contribution in [2.24, 2.45) is 5.92 Å². The zero-order valence-electron chi connectivity index (χ0n) is 11.3. The summed E-state index contributed by atoms with van der Waals surface area (Å²) in [5.74, 6) is 0.818. The first-order chi connectivity index (χ1) is 6.61. The minimum Gasteiger partial charge on any atom is -0.416 e. The minimum atomic E-state index is -1.71. The van der Waals surface area contributed by atoms with Gasteiger partial charge in [-0.3, -0.25) is 4.79 Å². The lowest BCUT2D eigenvalue weighted by Crippen LogP contribution is -2.45. The first-order valence-electron chi connectivity index (χ1n) is 5.74. The van der Waals surface area contributed by atoms with Gasteiger partial charge in [-0.05, 0) is 31.0 Å². The Balaban J connectivity index is 4.34. The molecule has 0 aromatic heterocycles. The third-order valence-electron chi connectivity index (χ3n) is 3.91. The van der Waals surface area contributed by atoms with E-state index in [-0.39, 0.29) is 10.8 Å². The molecule has 0 aliphatic rings. The van der Waals surface area contributed by atoms with Crippen LogP contribution in [0.2, 0.25) is 18.1 Å². The van der Waals surface area contributed by atoms with Crippen LogP contribution in [0.1, 0.15) is 41.0 Å². The van der Waals surface area contributed by atoms with Crippen molar-refractivity contribution in [3.63, 3.8) is 0 Å². The second-order valence-corrected chi connectivity index (χ2v) is 10.3. The number of carbonyl (C=O) groups excluding carboxylic acids is 1. The molecule has 2 nitrogen and oxygen atoms in total. The van der Waals surface area contributed by atoms with Crippen LogP contribution in [-0.4, -0.2) is 20.7 Å². The summed E-state index contributed by atoms with van der Waals surface area (Å²) in [6, 6.07) is 0. The van der Waals surface area contributed by atoms with Crippen LogP contribution in [0.4, 0.5) is 0 Å². The van der Waals surface area contributed by atoms with E-state index in [1.165, 1.54) is 0 Å². The predicted octanol–water partition coefficient (Wildman–Crippen LogP) is 3.62. The number of ketones is 1. The predicted molar refractivity (Wildman–Crippen MR) is 67.6 cm³/mol. The maximum Gasteiger partial charge on any atom is 0.192 e. The number of rotatable bonds is 6. The molecule has 3 heteroatoms. The monoisotopic (exact) mass is 230 g/mol. The fraction of sp³-hybridized carbons (Fsp3) is 0.917. The molecule has 0 heterocycles. The molecule has 0 saturated heterocycles. The fourth-order valence-corrected chi connectivity index (χ4v) is 3.71. The van der Waals surface area contributed by atoms with E-state index in [9.17, 15) is 4.79 Å². The molecule has 0 aliphatic carbocycles. The molecule has 0 N–H and O–H groups in total. The van der Waals surface area contributed by atoms with Crippen molar-refractivity contribution >= 4 is 14.1 Å². The van der Waals surface area contributed by atoms with Crippen LogP contribution < -0.4 is 0 Å². The summed E-state index contributed by atoms with van der Waals surface area (Å²) in [4.78, 5) is 10.8. The third kappa shape index (κ3) is 4.07. The molecule has 15 heavy (non-hydrogen) atoms. The van der Waals surface area contributed by atoms with E-state index >= 15 is 0 Å². The highest BCUT2D eigenvalue weighted by molar-refractivity contribution is 6.74. The molecule has 0 bridgehead atoms. The third-order valence-corrected chi connectivity index (χ3v) is 8.52. The van der Waals surface area contributed by atoms with Crippen molar-refractivity contribution in [1.82, 2.24) is 0 Å². The van der Waals surface area contributed by atoms with Crippen LogP contribution in [0.5, 0.6) is 0 Å². The summed E-state index contributed by atoms with van der Waals surface area (Å²) in [6.45, 7) is 15.7. The Morgan fingerprint density at radius 3 is 2.13 bits per heavy atom. The van der Waals surface area contributed by atoms with Gasteiger partial charge in [0, 0.05) is 13.0 Å². The molecule has 0 rings (SSSR count). The van der Waals surface area contributed by atoms with Gasteiger partial charge < -0.3 is 4.43 Å². The highest BCUT2D eigenvalue weighted by Crippen LogP contribution is 2.44. The molecular weight excluding hydrogens is 204 g/mol. The standard InChI is InChI=1S/C12H26O2Si/c1-10(2)12(4,5)15(6,7)14-9-8-11(3)13/h10H,8-9H2,1-7H3. The second-order valence-electron chi connectivity index (χ2n) is 5.69. The van der Waals surface area contributed by atoms with Gasteiger partial charge in [-0.2, -0.15) is 0 Å². The van der Waals surface area contributed by atoms with Crippen molar-refractivity contribution in [3.8, 4) is 0 Å². The zero-order valence-corrected chi connectivity index (χ0v) is 12.3. The summed E-state index contributed by atoms with van der Waals surface area (Å²) in [7, 11) is -1.71. The largest absolute Gasteiger partial charge is 0.416 e. The van der Waals surface area contributed by atoms with Gasteiger partial charge in [0.05, 0.1) is 0 Å². The maximum atomic E-state index is 10.8. The maximum absolute atomic E-state index is 10.8. The molecule has 0 radical (unpaired) electrons. The first kappa shape index (κ1) is 14.8. The molecule has 0 spiro atoms. The Labute approximate surface area is 95.5 Å². The molecule has 0 aliphatic heterocycles. The second kappa shape index (κ2) is 5.26. The molecule has 0 atom stereocenters. The average molecular weight is 230 g/mol. The molecule has 0 aromatic rings. The van der Waals surface area contributed by atoms with Crippen molar-refractivity contribution in [2.75, 3.05) is 6.61 Å². The van der Waals surface area contributed by atoms with Crippen molar-refractivity contribution in [1.29, 1.82) is 0 Å². The number of hydrogen-bond donors (Lipinski definition) is 0. The average Bonchev–Trinajstić information content (AvgIpc) is 2.02. The van der Waals surface area contributed by atoms with E-state index in [4.69, 9.17) is 4.43 Å². The lowest BCUT2D eigenvalue weighted by atomic mass is 9.99. The zero-order chi connectivity index (χ0) is 12.3. The number of carbonyl (C=O) groups is 1. The van der Waals surface area contributed by atoms with Gasteiger partial charge >= 0.3 is 0 Å². The lowest BCUT2D eigenvalue weighted by Gasteiger charge is -2.42. The topological polar surface area (TPSA) is 26.3 Å². The fourth-order valence-electron chi connectivity index (χ4n) is 1.33. The van der Waals surface area contributed by atoms with E-state index in [2.05, 4.69) is 40.8 Å². The highest BCUT2D eigenvalue weighted by Gasteiger charge is 2.43. The number of Topliss-reactive ketones (excluding diaryl/α,β-unsaturated/α-hetero) is 1. The Hall–Kier alpha value is -0.153. The summed E-state index contributed by atoms with van der Waals surface area (Å²) in [6.07, 6.45) is 0.546. The normalized spacial score (nSPS) is 13.3. The minimum absolute atomic E-state index is 0.210. The van der Waals surface area contributed by atoms with Crippen LogP contribution in [0.25, 0.3) is 0 Å². The Morgan fingerprint density at radius 1 is 1.33 bits per heavy atom. The van der Waals surface area contributed by atoms with E-state index in [1.807, 2.05) is 0 Å². The van der Waals surface area contributed by atoms with Gasteiger partial charge in [0.2, 0.25) is 0 Å². The number of hydrogen-bond acceptors (Lipinski definition) is 2. The van der Waals surface area contributed by atoms with Gasteiger partial charge in [-0.15, -0.1) is 0 Å². The van der Waals surface area contributed by atoms with E-state index in [0.29, 0.717) is 18.9 Å². The van der Waals surface area contributed by atoms with Crippen LogP contribution in [0, 0.1) is 5.92 Å². The van der Waals surface area contributed by atoms with E-state index in [0.717, 1.165) is 0 Å². The molecule has 90 valence electrons. The molecule has 0 unspecified atom stereocenters. The summed E-state index contributed by atoms with van der Waals surface area (Å²) in [5, 5.41) is 0.240. The molecule has 0 fully saturated rings. The van der Waals surface area contributed by atoms with Gasteiger partial charge in [0.15, 0.2) is 8.32 Å². The van der Waals surface area contributed by atoms with Gasteiger partial charge in [0.1, 0.15) is 5.78 Å². The van der Waals surface area contributed by atoms with Crippen LogP contribution in [-0.2, 0) is 9.22 Å². The smallest absolute Gasteiger partial charge is 0.192 e. The van der Waals surface area contributed by atoms with Crippen molar-refractivity contribution < 1.29 is 9.22 Å². The van der Waals surface area contributed by atoms with Crippen LogP contribution >= 0.6 is 0 Å². The van der Waals surface area contributed by atoms with Crippen molar-refractivity contribution in [2.45, 2.75) is 59.2 Å². The summed E-state index contributed by atoms with van der Waals surface area (Å²) in [5.41, 5.74) is 0. The van der Waals surface area contributed by atoms with Gasteiger partial charge in [0.25, 0.3) is 0 Å². The Bertz CT molecular complexity index is 220. The molecule has 0 saturated carbocycles. The molecular formula is C12H26O2Si. The highest BCUT2D eigenvalue weighted by atomic mass is 28.4. The van der Waals surface area contributed by atoms with Crippen LogP contribution in [0.15, 0.2) is 0 Å². The summed E-state index contributed by atoms with van der Waals surface area (Å²) < 4.78 is 5.98. The lowest BCUT2D eigenvalue weighted by molar-refractivity contribution is -0.117. The Kier molecular flexibility index (Phi) is 5.20. The van der Waals surface area contributed by atoms with E-state index in [1.54, 1.807) is 6.92 Å². The molecule has 0 amide bonds. The van der Waals surface area contributed by atoms with Crippen LogP contribution in [0.3, 0.4) is 0 Å². The van der Waals surface area contributed by atoms with Crippen molar-refractivity contribution in [3.05, 3.63) is 0 Å². The quantitative estimate of drug-likeness (QED) is 0.651. The van der Waals surface area contributed by atoms with E-state index < -0.39 is 8.32 Å².